The number of halogens is 6. The molecule has 3 heterocycles. The number of tetrazole rings is 1. The van der Waals surface area contributed by atoms with Crippen LogP contribution in [0.1, 0.15) is 66.5 Å². The van der Waals surface area contributed by atoms with Crippen molar-refractivity contribution in [1.82, 2.24) is 35.0 Å². The van der Waals surface area contributed by atoms with Crippen LogP contribution in [0.2, 0.25) is 0 Å². The van der Waals surface area contributed by atoms with E-state index in [-0.39, 0.29) is 36.6 Å². The lowest BCUT2D eigenvalue weighted by Crippen LogP contribution is -2.27. The number of hydrogen-bond donors (Lipinski definition) is 1. The lowest BCUT2D eigenvalue weighted by molar-refractivity contribution is -0.143. The van der Waals surface area contributed by atoms with Gasteiger partial charge in [0.15, 0.2) is 5.65 Å². The molecule has 1 unspecified atom stereocenters. The SMILES string of the molecule is CCn1ncc2cc(CN(Cc3cc(C(F)(F)F)cc(C(F)(F)F)c3)c3nnn(C)n3)c(C(CN)CC3CCC3)nc21. The third-order valence-electron chi connectivity index (χ3n) is 7.70. The third-order valence-corrected chi connectivity index (χ3v) is 7.70. The first-order chi connectivity index (χ1) is 19.9. The van der Waals surface area contributed by atoms with E-state index in [1.54, 1.807) is 10.9 Å². The smallest absolute Gasteiger partial charge is 0.330 e. The third kappa shape index (κ3) is 6.35. The number of rotatable bonds is 10. The summed E-state index contributed by atoms with van der Waals surface area (Å²) >= 11 is 0. The van der Waals surface area contributed by atoms with Gasteiger partial charge in [-0.2, -0.15) is 36.2 Å². The molecule has 0 bridgehead atoms. The van der Waals surface area contributed by atoms with Crippen molar-refractivity contribution in [3.8, 4) is 0 Å². The molecule has 1 aliphatic carbocycles. The number of fused-ring (bicyclic) bond motifs is 1. The monoisotopic (exact) mass is 595 g/mol. The van der Waals surface area contributed by atoms with Gasteiger partial charge in [0, 0.05) is 37.5 Å². The number of nitrogens with two attached hydrogens (primary N) is 1. The molecule has 1 fully saturated rings. The van der Waals surface area contributed by atoms with E-state index in [4.69, 9.17) is 10.7 Å². The van der Waals surface area contributed by atoms with E-state index in [1.165, 1.54) is 16.7 Å². The Morgan fingerprint density at radius 1 is 1.02 bits per heavy atom. The summed E-state index contributed by atoms with van der Waals surface area (Å²) in [5, 5.41) is 17.2. The molecular formula is C27H31F6N9. The Balaban J connectivity index is 1.59. The number of benzene rings is 1. The first kappa shape index (κ1) is 29.7. The normalized spacial score (nSPS) is 15.3. The van der Waals surface area contributed by atoms with E-state index in [0.717, 1.165) is 36.8 Å². The van der Waals surface area contributed by atoms with Crippen LogP contribution in [0.4, 0.5) is 32.3 Å². The minimum absolute atomic E-state index is 0.0417. The first-order valence-electron chi connectivity index (χ1n) is 13.7. The van der Waals surface area contributed by atoms with Crippen LogP contribution in [0.15, 0.2) is 30.5 Å². The molecule has 2 N–H and O–H groups in total. The van der Waals surface area contributed by atoms with Crippen molar-refractivity contribution in [2.24, 2.45) is 18.7 Å². The Kier molecular flexibility index (Phi) is 8.14. The molecule has 0 radical (unpaired) electrons. The average molecular weight is 596 g/mol. The molecule has 1 aromatic carbocycles. The van der Waals surface area contributed by atoms with Gasteiger partial charge in [-0.25, -0.2) is 9.67 Å². The average Bonchev–Trinajstić information content (AvgIpc) is 3.52. The molecular weight excluding hydrogens is 564 g/mol. The van der Waals surface area contributed by atoms with Crippen LogP contribution in [-0.2, 0) is 39.0 Å². The van der Waals surface area contributed by atoms with Gasteiger partial charge in [0.2, 0.25) is 0 Å². The van der Waals surface area contributed by atoms with Crippen LogP contribution >= 0.6 is 0 Å². The number of anilines is 1. The van der Waals surface area contributed by atoms with Crippen molar-refractivity contribution in [3.05, 3.63) is 58.4 Å². The molecule has 1 aliphatic rings. The fraction of sp³-hybridized carbons (Fsp3) is 0.519. The topological polar surface area (TPSA) is 104 Å². The summed E-state index contributed by atoms with van der Waals surface area (Å²) in [5.74, 6) is 0.461. The molecule has 0 spiro atoms. The molecule has 226 valence electrons. The highest BCUT2D eigenvalue weighted by molar-refractivity contribution is 5.76. The van der Waals surface area contributed by atoms with Crippen LogP contribution in [0.25, 0.3) is 11.0 Å². The highest BCUT2D eigenvalue weighted by atomic mass is 19.4. The number of nitrogens with zero attached hydrogens (tertiary/aromatic N) is 8. The van der Waals surface area contributed by atoms with Crippen LogP contribution in [0.3, 0.4) is 0 Å². The zero-order chi connectivity index (χ0) is 30.2. The van der Waals surface area contributed by atoms with Gasteiger partial charge in [-0.15, -0.1) is 5.10 Å². The van der Waals surface area contributed by atoms with Gasteiger partial charge in [0.1, 0.15) is 0 Å². The summed E-state index contributed by atoms with van der Waals surface area (Å²) in [6.07, 6.45) is -4.06. The molecule has 5 rings (SSSR count). The molecule has 1 saturated carbocycles. The summed E-state index contributed by atoms with van der Waals surface area (Å²) < 4.78 is 83.4. The zero-order valence-electron chi connectivity index (χ0n) is 23.1. The largest absolute Gasteiger partial charge is 0.416 e. The second-order valence-electron chi connectivity index (χ2n) is 10.7. The molecule has 3 aromatic heterocycles. The maximum absolute atomic E-state index is 13.6. The predicted molar refractivity (Wildman–Crippen MR) is 142 cm³/mol. The lowest BCUT2D eigenvalue weighted by Gasteiger charge is -2.30. The maximum Gasteiger partial charge on any atom is 0.416 e. The van der Waals surface area contributed by atoms with E-state index in [0.29, 0.717) is 42.4 Å². The Hall–Kier alpha value is -3.75. The highest BCUT2D eigenvalue weighted by Crippen LogP contribution is 2.38. The summed E-state index contributed by atoms with van der Waals surface area (Å²) in [5.41, 5.74) is 5.38. The minimum Gasteiger partial charge on any atom is -0.330 e. The van der Waals surface area contributed by atoms with E-state index >= 15 is 0 Å². The van der Waals surface area contributed by atoms with Gasteiger partial charge in [-0.1, -0.05) is 24.4 Å². The van der Waals surface area contributed by atoms with Crippen molar-refractivity contribution in [2.75, 3.05) is 11.4 Å². The molecule has 15 heteroatoms. The van der Waals surface area contributed by atoms with E-state index in [9.17, 15) is 26.3 Å². The standard InChI is InChI=1S/C27H31F6N9/c1-3-42-24-19(13-35-42)10-20(23(36-24)18(12-34)7-16-5-4-6-16)15-41(25-37-39-40(2)38-25)14-17-8-21(26(28,29)30)11-22(9-17)27(31,32)33/h8-11,13,16,18H,3-7,12,14-15,34H2,1-2H3. The molecule has 42 heavy (non-hydrogen) atoms. The van der Waals surface area contributed by atoms with Gasteiger partial charge >= 0.3 is 12.4 Å². The van der Waals surface area contributed by atoms with Crippen molar-refractivity contribution in [2.45, 2.75) is 70.5 Å². The zero-order valence-corrected chi connectivity index (χ0v) is 23.1. The van der Waals surface area contributed by atoms with Crippen LogP contribution in [-0.4, -0.2) is 41.5 Å². The van der Waals surface area contributed by atoms with Crippen LogP contribution in [0, 0.1) is 5.92 Å². The number of alkyl halides is 6. The predicted octanol–water partition coefficient (Wildman–Crippen LogP) is 5.45. The number of hydrogen-bond acceptors (Lipinski definition) is 7. The van der Waals surface area contributed by atoms with E-state index < -0.39 is 23.5 Å². The lowest BCUT2D eigenvalue weighted by atomic mass is 9.77. The summed E-state index contributed by atoms with van der Waals surface area (Å²) in [7, 11) is 1.52. The van der Waals surface area contributed by atoms with Gasteiger partial charge in [-0.3, -0.25) is 0 Å². The van der Waals surface area contributed by atoms with E-state index in [2.05, 4.69) is 20.5 Å². The Bertz CT molecular complexity index is 1510. The van der Waals surface area contributed by atoms with Crippen LogP contribution in [0.5, 0.6) is 0 Å². The quantitative estimate of drug-likeness (QED) is 0.243. The van der Waals surface area contributed by atoms with Crippen molar-refractivity contribution >= 4 is 17.0 Å². The maximum atomic E-state index is 13.6. The number of aryl methyl sites for hydroxylation is 2. The summed E-state index contributed by atoms with van der Waals surface area (Å²) in [6.45, 7) is 2.56. The molecule has 4 aromatic rings. The van der Waals surface area contributed by atoms with Gasteiger partial charge in [-0.05, 0) is 59.9 Å². The second-order valence-corrected chi connectivity index (χ2v) is 10.7. The fourth-order valence-electron chi connectivity index (χ4n) is 5.36. The van der Waals surface area contributed by atoms with E-state index in [1.807, 2.05) is 13.0 Å². The van der Waals surface area contributed by atoms with Gasteiger partial charge in [0.25, 0.3) is 5.95 Å². The van der Waals surface area contributed by atoms with Crippen molar-refractivity contribution in [3.63, 3.8) is 0 Å². The Morgan fingerprint density at radius 2 is 1.71 bits per heavy atom. The number of pyridine rings is 1. The molecule has 0 saturated heterocycles. The minimum atomic E-state index is -4.97. The van der Waals surface area contributed by atoms with Gasteiger partial charge < -0.3 is 10.6 Å². The first-order valence-corrected chi connectivity index (χ1v) is 13.7. The van der Waals surface area contributed by atoms with Crippen molar-refractivity contribution in [1.29, 1.82) is 0 Å². The fourth-order valence-corrected chi connectivity index (χ4v) is 5.36. The second kappa shape index (κ2) is 11.5. The Labute approximate surface area is 237 Å². The molecule has 9 nitrogen and oxygen atoms in total. The van der Waals surface area contributed by atoms with Crippen LogP contribution < -0.4 is 10.6 Å². The Morgan fingerprint density at radius 3 is 2.24 bits per heavy atom. The molecule has 0 amide bonds. The summed E-state index contributed by atoms with van der Waals surface area (Å²) in [6, 6.07) is 3.44. The summed E-state index contributed by atoms with van der Waals surface area (Å²) in [4.78, 5) is 7.64. The van der Waals surface area contributed by atoms with Crippen molar-refractivity contribution < 1.29 is 26.3 Å². The highest BCUT2D eigenvalue weighted by Gasteiger charge is 2.37. The molecule has 1 atom stereocenters. The van der Waals surface area contributed by atoms with Gasteiger partial charge in [0.05, 0.1) is 30.1 Å². The molecule has 0 aliphatic heterocycles. The number of aromatic nitrogens is 7.